The lowest BCUT2D eigenvalue weighted by Gasteiger charge is -2.10. The Morgan fingerprint density at radius 2 is 1.81 bits per heavy atom. The number of nitrogens with zero attached hydrogens (tertiary/aromatic N) is 3. The predicted molar refractivity (Wildman–Crippen MR) is 117 cm³/mol. The summed E-state index contributed by atoms with van der Waals surface area (Å²) in [4.78, 5) is 17.1. The Bertz CT molecular complexity index is 1120. The number of carbonyl (C=O) groups excluding carboxylic acids is 1. The van der Waals surface area contributed by atoms with Crippen molar-refractivity contribution in [3.63, 3.8) is 0 Å². The zero-order valence-corrected chi connectivity index (χ0v) is 18.0. The fraction of sp³-hybridized carbons (Fsp3) is 0.292. The molecule has 0 saturated heterocycles. The van der Waals surface area contributed by atoms with Gasteiger partial charge in [0, 0.05) is 6.20 Å². The maximum atomic E-state index is 12.5. The minimum atomic E-state index is -0.716. The van der Waals surface area contributed by atoms with E-state index in [1.54, 1.807) is 10.6 Å². The van der Waals surface area contributed by atoms with Gasteiger partial charge in [0.1, 0.15) is 23.9 Å². The second-order valence-corrected chi connectivity index (χ2v) is 7.43. The van der Waals surface area contributed by atoms with Gasteiger partial charge in [-0.05, 0) is 51.5 Å². The van der Waals surface area contributed by atoms with Crippen molar-refractivity contribution in [3.8, 4) is 17.7 Å². The van der Waals surface area contributed by atoms with Crippen LogP contribution in [0.5, 0.6) is 11.6 Å². The Hall–Kier alpha value is -3.79. The SMILES string of the molecule is CC(C)Oc1nc2c(OC(C)C)cccn2c1C=C(C#N)C(=O)OCc1ccccc1. The normalized spacial score (nSPS) is 11.6. The van der Waals surface area contributed by atoms with Crippen molar-refractivity contribution in [2.24, 2.45) is 0 Å². The van der Waals surface area contributed by atoms with Crippen LogP contribution in [0.2, 0.25) is 0 Å². The van der Waals surface area contributed by atoms with E-state index >= 15 is 0 Å². The third-order valence-corrected chi connectivity index (χ3v) is 4.16. The summed E-state index contributed by atoms with van der Waals surface area (Å²) < 4.78 is 18.7. The van der Waals surface area contributed by atoms with Crippen molar-refractivity contribution < 1.29 is 19.0 Å². The van der Waals surface area contributed by atoms with Gasteiger partial charge in [-0.25, -0.2) is 4.79 Å². The molecule has 2 heterocycles. The van der Waals surface area contributed by atoms with Gasteiger partial charge in [-0.3, -0.25) is 4.40 Å². The molecule has 0 radical (unpaired) electrons. The fourth-order valence-corrected chi connectivity index (χ4v) is 2.90. The first-order chi connectivity index (χ1) is 14.9. The molecule has 7 nitrogen and oxygen atoms in total. The van der Waals surface area contributed by atoms with Gasteiger partial charge in [-0.15, -0.1) is 0 Å². The molecule has 2 aromatic heterocycles. The minimum Gasteiger partial charge on any atom is -0.487 e. The molecule has 0 amide bonds. The number of pyridine rings is 1. The largest absolute Gasteiger partial charge is 0.487 e. The quantitative estimate of drug-likeness (QED) is 0.302. The van der Waals surface area contributed by atoms with Gasteiger partial charge in [0.2, 0.25) is 5.88 Å². The highest BCUT2D eigenvalue weighted by molar-refractivity contribution is 5.98. The molecule has 7 heteroatoms. The smallest absolute Gasteiger partial charge is 0.349 e. The first-order valence-electron chi connectivity index (χ1n) is 10.1. The van der Waals surface area contributed by atoms with Gasteiger partial charge in [-0.2, -0.15) is 10.2 Å². The predicted octanol–water partition coefficient (Wildman–Crippen LogP) is 4.56. The molecule has 160 valence electrons. The van der Waals surface area contributed by atoms with E-state index in [2.05, 4.69) is 4.98 Å². The molecule has 0 aliphatic heterocycles. The minimum absolute atomic E-state index is 0.0426. The molecule has 0 bridgehead atoms. The van der Waals surface area contributed by atoms with Crippen molar-refractivity contribution in [2.45, 2.75) is 46.5 Å². The highest BCUT2D eigenvalue weighted by Crippen LogP contribution is 2.29. The van der Waals surface area contributed by atoms with Crippen LogP contribution in [0.4, 0.5) is 0 Å². The van der Waals surface area contributed by atoms with Crippen LogP contribution in [0.3, 0.4) is 0 Å². The molecule has 3 aromatic rings. The second kappa shape index (κ2) is 9.81. The number of hydrogen-bond acceptors (Lipinski definition) is 6. The fourth-order valence-electron chi connectivity index (χ4n) is 2.90. The second-order valence-electron chi connectivity index (χ2n) is 7.43. The van der Waals surface area contributed by atoms with Crippen LogP contribution in [-0.2, 0) is 16.1 Å². The molecule has 0 aliphatic carbocycles. The standard InChI is InChI=1S/C24H25N3O4/c1-16(2)30-21-11-8-12-27-20(23(26-22(21)27)31-17(3)4)13-19(14-25)24(28)29-15-18-9-6-5-7-10-18/h5-13,16-17H,15H2,1-4H3. The lowest BCUT2D eigenvalue weighted by Crippen LogP contribution is -2.09. The third kappa shape index (κ3) is 5.43. The van der Waals surface area contributed by atoms with Gasteiger partial charge in [0.05, 0.1) is 12.2 Å². The van der Waals surface area contributed by atoms with Gasteiger partial charge in [0.25, 0.3) is 0 Å². The number of aromatic nitrogens is 2. The van der Waals surface area contributed by atoms with E-state index in [4.69, 9.17) is 14.2 Å². The van der Waals surface area contributed by atoms with Crippen LogP contribution in [0.25, 0.3) is 11.7 Å². The molecule has 0 fully saturated rings. The number of carbonyl (C=O) groups is 1. The van der Waals surface area contributed by atoms with Crippen LogP contribution in [0, 0.1) is 11.3 Å². The van der Waals surface area contributed by atoms with Gasteiger partial charge >= 0.3 is 5.97 Å². The van der Waals surface area contributed by atoms with Crippen LogP contribution >= 0.6 is 0 Å². The first kappa shape index (κ1) is 21.9. The molecule has 0 aliphatic rings. The van der Waals surface area contributed by atoms with E-state index in [1.807, 2.05) is 76.2 Å². The Kier molecular flexibility index (Phi) is 6.93. The molecule has 31 heavy (non-hydrogen) atoms. The summed E-state index contributed by atoms with van der Waals surface area (Å²) in [7, 11) is 0. The monoisotopic (exact) mass is 419 g/mol. The van der Waals surface area contributed by atoms with Gasteiger partial charge < -0.3 is 14.2 Å². The van der Waals surface area contributed by atoms with E-state index in [0.717, 1.165) is 5.56 Å². The average Bonchev–Trinajstić information content (AvgIpc) is 3.08. The van der Waals surface area contributed by atoms with Gasteiger partial charge in [0.15, 0.2) is 11.4 Å². The molecular weight excluding hydrogens is 394 g/mol. The van der Waals surface area contributed by atoms with Crippen molar-refractivity contribution in [1.29, 1.82) is 5.26 Å². The topological polar surface area (TPSA) is 85.9 Å². The van der Waals surface area contributed by atoms with E-state index in [1.165, 1.54) is 6.08 Å². The van der Waals surface area contributed by atoms with Crippen molar-refractivity contribution in [1.82, 2.24) is 9.38 Å². The molecule has 0 atom stereocenters. The summed E-state index contributed by atoms with van der Waals surface area (Å²) in [5.41, 5.74) is 1.68. The zero-order chi connectivity index (χ0) is 22.4. The van der Waals surface area contributed by atoms with Crippen molar-refractivity contribution in [3.05, 3.63) is 65.5 Å². The summed E-state index contributed by atoms with van der Waals surface area (Å²) in [6.45, 7) is 7.68. The van der Waals surface area contributed by atoms with Gasteiger partial charge in [-0.1, -0.05) is 30.3 Å². The van der Waals surface area contributed by atoms with Crippen LogP contribution in [0.1, 0.15) is 39.0 Å². The third-order valence-electron chi connectivity index (χ3n) is 4.16. The maximum Gasteiger partial charge on any atom is 0.349 e. The van der Waals surface area contributed by atoms with E-state index in [9.17, 15) is 10.1 Å². The number of nitriles is 1. The number of esters is 1. The summed E-state index contributed by atoms with van der Waals surface area (Å²) in [5, 5.41) is 9.60. The summed E-state index contributed by atoms with van der Waals surface area (Å²) in [6, 6.07) is 14.8. The van der Waals surface area contributed by atoms with E-state index in [-0.39, 0.29) is 24.4 Å². The summed E-state index contributed by atoms with van der Waals surface area (Å²) in [5.74, 6) is 0.167. The summed E-state index contributed by atoms with van der Waals surface area (Å²) >= 11 is 0. The lowest BCUT2D eigenvalue weighted by atomic mass is 10.2. The first-order valence-corrected chi connectivity index (χ1v) is 10.1. The molecule has 3 rings (SSSR count). The highest BCUT2D eigenvalue weighted by Gasteiger charge is 2.20. The Morgan fingerprint density at radius 3 is 2.45 bits per heavy atom. The Morgan fingerprint density at radius 1 is 1.10 bits per heavy atom. The number of rotatable bonds is 8. The molecule has 0 N–H and O–H groups in total. The number of imidazole rings is 1. The molecule has 0 unspecified atom stereocenters. The van der Waals surface area contributed by atoms with E-state index in [0.29, 0.717) is 23.0 Å². The Balaban J connectivity index is 1.99. The maximum absolute atomic E-state index is 12.5. The van der Waals surface area contributed by atoms with Crippen LogP contribution < -0.4 is 9.47 Å². The van der Waals surface area contributed by atoms with Crippen LogP contribution in [-0.4, -0.2) is 27.6 Å². The summed E-state index contributed by atoms with van der Waals surface area (Å²) in [6.07, 6.45) is 3.02. The lowest BCUT2D eigenvalue weighted by molar-refractivity contribution is -0.139. The average molecular weight is 419 g/mol. The molecule has 1 aromatic carbocycles. The molecule has 0 saturated carbocycles. The van der Waals surface area contributed by atoms with E-state index < -0.39 is 5.97 Å². The number of fused-ring (bicyclic) bond motifs is 1. The van der Waals surface area contributed by atoms with Crippen molar-refractivity contribution >= 4 is 17.7 Å². The number of hydrogen-bond donors (Lipinski definition) is 0. The Labute approximate surface area is 181 Å². The number of benzene rings is 1. The zero-order valence-electron chi connectivity index (χ0n) is 18.0. The molecular formula is C24H25N3O4. The number of ether oxygens (including phenoxy) is 3. The van der Waals surface area contributed by atoms with Crippen molar-refractivity contribution in [2.75, 3.05) is 0 Å². The highest BCUT2D eigenvalue weighted by atomic mass is 16.5. The molecule has 0 spiro atoms. The van der Waals surface area contributed by atoms with Crippen LogP contribution in [0.15, 0.2) is 54.2 Å².